The molecule has 0 aliphatic heterocycles. The summed E-state index contributed by atoms with van der Waals surface area (Å²) in [5, 5.41) is 0. The molecule has 3 heteroatoms. The minimum atomic E-state index is 0.179. The smallest absolute Gasteiger partial charge is 0.227 e. The maximum absolute atomic E-state index is 12.9. The summed E-state index contributed by atoms with van der Waals surface area (Å²) in [6, 6.07) is 18.1. The molecule has 1 aliphatic rings. The van der Waals surface area contributed by atoms with Gasteiger partial charge >= 0.3 is 0 Å². The predicted molar refractivity (Wildman–Crippen MR) is 93.7 cm³/mol. The summed E-state index contributed by atoms with van der Waals surface area (Å²) in [7, 11) is 0. The first kappa shape index (κ1) is 15.6. The largest absolute Gasteiger partial charge is 0.399 e. The minimum absolute atomic E-state index is 0.179. The molecule has 120 valence electrons. The van der Waals surface area contributed by atoms with Crippen LogP contribution in [0.2, 0.25) is 0 Å². The molecule has 2 N–H and O–H groups in total. The molecule has 1 amide bonds. The molecular weight excluding hydrogens is 284 g/mol. The molecule has 0 heterocycles. The van der Waals surface area contributed by atoms with Crippen molar-refractivity contribution in [1.29, 1.82) is 0 Å². The van der Waals surface area contributed by atoms with Gasteiger partial charge in [0, 0.05) is 18.3 Å². The van der Waals surface area contributed by atoms with Gasteiger partial charge in [0.1, 0.15) is 0 Å². The van der Waals surface area contributed by atoms with E-state index in [1.165, 1.54) is 18.4 Å². The summed E-state index contributed by atoms with van der Waals surface area (Å²) in [5.74, 6) is 0.836. The van der Waals surface area contributed by atoms with E-state index in [4.69, 9.17) is 5.73 Å². The highest BCUT2D eigenvalue weighted by molar-refractivity contribution is 5.79. The average Bonchev–Trinajstić information content (AvgIpc) is 3.38. The summed E-state index contributed by atoms with van der Waals surface area (Å²) in [5.41, 5.74) is 8.70. The van der Waals surface area contributed by atoms with Crippen molar-refractivity contribution in [1.82, 2.24) is 4.90 Å². The number of hydrogen-bond acceptors (Lipinski definition) is 2. The molecular formula is C20H24N2O. The molecule has 0 aromatic heterocycles. The van der Waals surface area contributed by atoms with Gasteiger partial charge in [0.05, 0.1) is 6.42 Å². The second-order valence-corrected chi connectivity index (χ2v) is 6.51. The molecule has 1 atom stereocenters. The quantitative estimate of drug-likeness (QED) is 0.828. The molecule has 0 saturated heterocycles. The third-order valence-electron chi connectivity index (χ3n) is 4.62. The Kier molecular flexibility index (Phi) is 4.65. The Morgan fingerprint density at radius 1 is 1.13 bits per heavy atom. The standard InChI is InChI=1S/C20H24N2O/c1-15(18-10-11-18)22(14-16-6-3-2-4-7-16)20(23)13-17-8-5-9-19(21)12-17/h2-9,12,15,18H,10-11,13-14,21H2,1H3. The highest BCUT2D eigenvalue weighted by Crippen LogP contribution is 2.36. The number of amides is 1. The van der Waals surface area contributed by atoms with Crippen molar-refractivity contribution in [2.45, 2.75) is 38.8 Å². The van der Waals surface area contributed by atoms with Crippen molar-refractivity contribution < 1.29 is 4.79 Å². The molecule has 23 heavy (non-hydrogen) atoms. The van der Waals surface area contributed by atoms with E-state index < -0.39 is 0 Å². The Labute approximate surface area is 138 Å². The highest BCUT2D eigenvalue weighted by Gasteiger charge is 2.34. The van der Waals surface area contributed by atoms with Gasteiger partial charge in [0.25, 0.3) is 0 Å². The first-order chi connectivity index (χ1) is 11.1. The minimum Gasteiger partial charge on any atom is -0.399 e. The maximum atomic E-state index is 12.9. The van der Waals surface area contributed by atoms with Gasteiger partial charge in [-0.2, -0.15) is 0 Å². The van der Waals surface area contributed by atoms with Crippen LogP contribution in [0.1, 0.15) is 30.9 Å². The Hall–Kier alpha value is -2.29. The number of carbonyl (C=O) groups excluding carboxylic acids is 1. The first-order valence-corrected chi connectivity index (χ1v) is 8.31. The van der Waals surface area contributed by atoms with Crippen molar-refractivity contribution in [3.63, 3.8) is 0 Å². The van der Waals surface area contributed by atoms with Crippen molar-refractivity contribution in [2.75, 3.05) is 5.73 Å². The Morgan fingerprint density at radius 2 is 1.83 bits per heavy atom. The van der Waals surface area contributed by atoms with Crippen LogP contribution in [0.25, 0.3) is 0 Å². The number of hydrogen-bond donors (Lipinski definition) is 1. The summed E-state index contributed by atoms with van der Waals surface area (Å²) in [6.45, 7) is 2.86. The summed E-state index contributed by atoms with van der Waals surface area (Å²) in [4.78, 5) is 14.9. The second-order valence-electron chi connectivity index (χ2n) is 6.51. The normalized spacial score (nSPS) is 15.2. The van der Waals surface area contributed by atoms with Crippen LogP contribution in [0.4, 0.5) is 5.69 Å². The second kappa shape index (κ2) is 6.86. The lowest BCUT2D eigenvalue weighted by Gasteiger charge is -2.30. The number of benzene rings is 2. The van der Waals surface area contributed by atoms with Crippen LogP contribution in [-0.4, -0.2) is 16.8 Å². The topological polar surface area (TPSA) is 46.3 Å². The Bertz CT molecular complexity index is 664. The Morgan fingerprint density at radius 3 is 2.48 bits per heavy atom. The van der Waals surface area contributed by atoms with Crippen LogP contribution in [0.15, 0.2) is 54.6 Å². The van der Waals surface area contributed by atoms with Crippen molar-refractivity contribution in [2.24, 2.45) is 5.92 Å². The third-order valence-corrected chi connectivity index (χ3v) is 4.62. The van der Waals surface area contributed by atoms with Gasteiger partial charge in [-0.05, 0) is 48.9 Å². The van der Waals surface area contributed by atoms with E-state index in [1.807, 2.05) is 47.4 Å². The molecule has 0 radical (unpaired) electrons. The molecule has 1 aliphatic carbocycles. The number of nitrogens with two attached hydrogens (primary N) is 1. The average molecular weight is 308 g/mol. The monoisotopic (exact) mass is 308 g/mol. The SMILES string of the molecule is CC(C1CC1)N(Cc1ccccc1)C(=O)Cc1cccc(N)c1. The summed E-state index contributed by atoms with van der Waals surface area (Å²) in [6.07, 6.45) is 2.88. The van der Waals surface area contributed by atoms with Crippen molar-refractivity contribution in [3.8, 4) is 0 Å². The molecule has 1 saturated carbocycles. The molecule has 0 bridgehead atoms. The van der Waals surface area contributed by atoms with E-state index in [2.05, 4.69) is 19.1 Å². The zero-order chi connectivity index (χ0) is 16.2. The number of carbonyl (C=O) groups is 1. The van der Waals surface area contributed by atoms with Gasteiger partial charge in [-0.25, -0.2) is 0 Å². The van der Waals surface area contributed by atoms with Crippen LogP contribution in [-0.2, 0) is 17.8 Å². The van der Waals surface area contributed by atoms with E-state index in [0.717, 1.165) is 5.56 Å². The van der Waals surface area contributed by atoms with Gasteiger partial charge in [-0.1, -0.05) is 42.5 Å². The maximum Gasteiger partial charge on any atom is 0.227 e. The van der Waals surface area contributed by atoms with Gasteiger partial charge < -0.3 is 10.6 Å². The molecule has 3 rings (SSSR count). The van der Waals surface area contributed by atoms with Crippen molar-refractivity contribution in [3.05, 3.63) is 65.7 Å². The van der Waals surface area contributed by atoms with Crippen LogP contribution in [0.5, 0.6) is 0 Å². The molecule has 3 nitrogen and oxygen atoms in total. The number of nitrogens with zero attached hydrogens (tertiary/aromatic N) is 1. The van der Waals surface area contributed by atoms with Crippen LogP contribution in [0.3, 0.4) is 0 Å². The Balaban J connectivity index is 1.75. The van der Waals surface area contributed by atoms with E-state index >= 15 is 0 Å². The lowest BCUT2D eigenvalue weighted by molar-refractivity contribution is -0.133. The van der Waals surface area contributed by atoms with Crippen LogP contribution >= 0.6 is 0 Å². The predicted octanol–water partition coefficient (Wildman–Crippen LogP) is 3.64. The number of nitrogen functional groups attached to an aromatic ring is 1. The third kappa shape index (κ3) is 4.13. The lowest BCUT2D eigenvalue weighted by Crippen LogP contribution is -2.40. The van der Waals surface area contributed by atoms with Gasteiger partial charge in [-0.3, -0.25) is 4.79 Å². The highest BCUT2D eigenvalue weighted by atomic mass is 16.2. The molecule has 1 unspecified atom stereocenters. The van der Waals surface area contributed by atoms with E-state index in [9.17, 15) is 4.79 Å². The van der Waals surface area contributed by atoms with Gasteiger partial charge in [0.2, 0.25) is 5.91 Å². The van der Waals surface area contributed by atoms with Crippen LogP contribution in [0, 0.1) is 5.92 Å². The molecule has 0 spiro atoms. The fourth-order valence-electron chi connectivity index (χ4n) is 3.05. The van der Waals surface area contributed by atoms with E-state index in [0.29, 0.717) is 30.6 Å². The molecule has 1 fully saturated rings. The van der Waals surface area contributed by atoms with Crippen LogP contribution < -0.4 is 5.73 Å². The van der Waals surface area contributed by atoms with Gasteiger partial charge in [-0.15, -0.1) is 0 Å². The molecule has 2 aromatic carbocycles. The zero-order valence-corrected chi connectivity index (χ0v) is 13.6. The number of rotatable bonds is 6. The zero-order valence-electron chi connectivity index (χ0n) is 13.6. The molecule has 2 aromatic rings. The fraction of sp³-hybridized carbons (Fsp3) is 0.350. The van der Waals surface area contributed by atoms with E-state index in [1.54, 1.807) is 0 Å². The lowest BCUT2D eigenvalue weighted by atomic mass is 10.1. The summed E-state index contributed by atoms with van der Waals surface area (Å²) < 4.78 is 0. The summed E-state index contributed by atoms with van der Waals surface area (Å²) >= 11 is 0. The van der Waals surface area contributed by atoms with Gasteiger partial charge in [0.15, 0.2) is 0 Å². The first-order valence-electron chi connectivity index (χ1n) is 8.31. The number of anilines is 1. The van der Waals surface area contributed by atoms with Crippen molar-refractivity contribution >= 4 is 11.6 Å². The van der Waals surface area contributed by atoms with E-state index in [-0.39, 0.29) is 5.91 Å². The fourth-order valence-corrected chi connectivity index (χ4v) is 3.05.